The zero-order chi connectivity index (χ0) is 14.3. The lowest BCUT2D eigenvalue weighted by atomic mass is 10.1. The van der Waals surface area contributed by atoms with Crippen LogP contribution in [0.1, 0.15) is 18.0 Å². The van der Waals surface area contributed by atoms with Crippen molar-refractivity contribution in [3.63, 3.8) is 0 Å². The second kappa shape index (κ2) is 7.58. The highest BCUT2D eigenvalue weighted by molar-refractivity contribution is 6.30. The van der Waals surface area contributed by atoms with Gasteiger partial charge in [0.15, 0.2) is 0 Å². The molecule has 0 fully saturated rings. The third-order valence-electron chi connectivity index (χ3n) is 2.37. The van der Waals surface area contributed by atoms with E-state index in [1.165, 1.54) is 12.1 Å². The van der Waals surface area contributed by atoms with Crippen LogP contribution in [0, 0.1) is 5.82 Å². The minimum Gasteiger partial charge on any atom is -0.480 e. The summed E-state index contributed by atoms with van der Waals surface area (Å²) in [5, 5.41) is 15.1. The summed E-state index contributed by atoms with van der Waals surface area (Å²) in [6, 6.07) is 2.77. The van der Waals surface area contributed by atoms with Crippen LogP contribution >= 0.6 is 11.6 Å². The van der Waals surface area contributed by atoms with Gasteiger partial charge in [-0.05, 0) is 36.2 Å². The van der Waals surface area contributed by atoms with Crippen molar-refractivity contribution in [3.05, 3.63) is 45.0 Å². The SMILES string of the molecule is [N-]=[N+]=NCCCNC(C(=O)O)c1ccc(F)c(Cl)c1. The maximum Gasteiger partial charge on any atom is 0.325 e. The fourth-order valence-electron chi connectivity index (χ4n) is 1.48. The van der Waals surface area contributed by atoms with Gasteiger partial charge in [0.1, 0.15) is 11.9 Å². The normalized spacial score (nSPS) is 11.7. The number of halogens is 2. The second-order valence-electron chi connectivity index (χ2n) is 3.71. The van der Waals surface area contributed by atoms with E-state index in [0.29, 0.717) is 18.5 Å². The molecule has 1 aromatic rings. The molecule has 0 aromatic heterocycles. The Balaban J connectivity index is 2.69. The van der Waals surface area contributed by atoms with Crippen LogP contribution in [0.4, 0.5) is 4.39 Å². The Morgan fingerprint density at radius 3 is 2.95 bits per heavy atom. The van der Waals surface area contributed by atoms with E-state index in [2.05, 4.69) is 15.3 Å². The third kappa shape index (κ3) is 4.75. The molecule has 6 nitrogen and oxygen atoms in total. The summed E-state index contributed by atoms with van der Waals surface area (Å²) in [5.41, 5.74) is 8.45. The standard InChI is InChI=1S/C11H12ClFN4O2/c12-8-6-7(2-3-9(8)13)10(11(18)19)15-4-1-5-16-17-14/h2-3,6,10,15H,1,4-5H2,(H,18,19). The molecule has 0 aliphatic heterocycles. The Morgan fingerprint density at radius 1 is 1.63 bits per heavy atom. The molecule has 1 atom stereocenters. The van der Waals surface area contributed by atoms with Crippen LogP contribution in [0.5, 0.6) is 0 Å². The number of aliphatic carboxylic acids is 1. The van der Waals surface area contributed by atoms with E-state index in [4.69, 9.17) is 22.2 Å². The van der Waals surface area contributed by atoms with Gasteiger partial charge in [-0.3, -0.25) is 4.79 Å². The molecule has 19 heavy (non-hydrogen) atoms. The molecule has 0 saturated carbocycles. The molecule has 1 unspecified atom stereocenters. The minimum absolute atomic E-state index is 0.125. The van der Waals surface area contributed by atoms with Crippen LogP contribution in [-0.2, 0) is 4.79 Å². The van der Waals surface area contributed by atoms with E-state index in [9.17, 15) is 9.18 Å². The van der Waals surface area contributed by atoms with Gasteiger partial charge in [-0.15, -0.1) is 0 Å². The molecular weight excluding hydrogens is 275 g/mol. The van der Waals surface area contributed by atoms with Crippen molar-refractivity contribution >= 4 is 17.6 Å². The van der Waals surface area contributed by atoms with Gasteiger partial charge in [0.25, 0.3) is 0 Å². The van der Waals surface area contributed by atoms with Gasteiger partial charge in [-0.1, -0.05) is 22.8 Å². The zero-order valence-corrected chi connectivity index (χ0v) is 10.6. The second-order valence-corrected chi connectivity index (χ2v) is 4.11. The highest BCUT2D eigenvalue weighted by Gasteiger charge is 2.19. The summed E-state index contributed by atoms with van der Waals surface area (Å²) in [6.07, 6.45) is 0.503. The summed E-state index contributed by atoms with van der Waals surface area (Å²) in [5.74, 6) is -1.69. The molecule has 0 aliphatic rings. The maximum atomic E-state index is 13.0. The molecule has 102 valence electrons. The van der Waals surface area contributed by atoms with E-state index < -0.39 is 17.8 Å². The summed E-state index contributed by atoms with van der Waals surface area (Å²) in [4.78, 5) is 13.7. The number of benzene rings is 1. The van der Waals surface area contributed by atoms with Gasteiger partial charge in [0.05, 0.1) is 5.02 Å². The Morgan fingerprint density at radius 2 is 2.37 bits per heavy atom. The van der Waals surface area contributed by atoms with Crippen molar-refractivity contribution in [3.8, 4) is 0 Å². The van der Waals surface area contributed by atoms with E-state index in [1.807, 2.05) is 0 Å². The van der Waals surface area contributed by atoms with Gasteiger partial charge in [0.2, 0.25) is 0 Å². The van der Waals surface area contributed by atoms with E-state index >= 15 is 0 Å². The number of hydrogen-bond donors (Lipinski definition) is 2. The molecular formula is C11H12ClFN4O2. The first-order valence-electron chi connectivity index (χ1n) is 5.48. The van der Waals surface area contributed by atoms with E-state index in [-0.39, 0.29) is 11.6 Å². The molecule has 0 saturated heterocycles. The zero-order valence-electron chi connectivity index (χ0n) is 9.88. The molecule has 0 aliphatic carbocycles. The highest BCUT2D eigenvalue weighted by atomic mass is 35.5. The van der Waals surface area contributed by atoms with Crippen molar-refractivity contribution in [2.24, 2.45) is 5.11 Å². The number of carboxylic acid groups (broad SMARTS) is 1. The van der Waals surface area contributed by atoms with Crippen LogP contribution in [0.15, 0.2) is 23.3 Å². The first-order chi connectivity index (χ1) is 9.06. The summed E-state index contributed by atoms with van der Waals surface area (Å²) in [7, 11) is 0. The van der Waals surface area contributed by atoms with E-state index in [1.54, 1.807) is 0 Å². The Labute approximate surface area is 113 Å². The Hall–Kier alpha value is -1.82. The molecule has 2 N–H and O–H groups in total. The van der Waals surface area contributed by atoms with Crippen molar-refractivity contribution in [2.45, 2.75) is 12.5 Å². The average Bonchev–Trinajstić information content (AvgIpc) is 2.37. The van der Waals surface area contributed by atoms with Crippen LogP contribution in [0.3, 0.4) is 0 Å². The maximum absolute atomic E-state index is 13.0. The summed E-state index contributed by atoms with van der Waals surface area (Å²) >= 11 is 5.61. The lowest BCUT2D eigenvalue weighted by Gasteiger charge is -2.14. The van der Waals surface area contributed by atoms with Crippen LogP contribution in [-0.4, -0.2) is 24.2 Å². The van der Waals surface area contributed by atoms with Gasteiger partial charge < -0.3 is 10.4 Å². The van der Waals surface area contributed by atoms with Crippen molar-refractivity contribution in [2.75, 3.05) is 13.1 Å². The molecule has 0 amide bonds. The van der Waals surface area contributed by atoms with Gasteiger partial charge in [-0.25, -0.2) is 4.39 Å². The first kappa shape index (κ1) is 15.2. The number of hydrogen-bond acceptors (Lipinski definition) is 3. The van der Waals surface area contributed by atoms with Gasteiger partial charge in [0, 0.05) is 11.5 Å². The van der Waals surface area contributed by atoms with Gasteiger partial charge >= 0.3 is 5.97 Å². The summed E-state index contributed by atoms with van der Waals surface area (Å²) in [6.45, 7) is 0.630. The first-order valence-corrected chi connectivity index (χ1v) is 5.86. The number of rotatable bonds is 7. The van der Waals surface area contributed by atoms with Crippen molar-refractivity contribution in [1.29, 1.82) is 0 Å². The Kier molecular flexibility index (Phi) is 6.08. The lowest BCUT2D eigenvalue weighted by Crippen LogP contribution is -2.29. The Bertz CT molecular complexity index is 505. The molecule has 1 aromatic carbocycles. The smallest absolute Gasteiger partial charge is 0.325 e. The number of carboxylic acids is 1. The van der Waals surface area contributed by atoms with Gasteiger partial charge in [-0.2, -0.15) is 0 Å². The number of nitrogens with one attached hydrogen (secondary N) is 1. The number of azide groups is 1. The predicted octanol–water partition coefficient (Wildman–Crippen LogP) is 2.89. The molecule has 0 bridgehead atoms. The highest BCUT2D eigenvalue weighted by Crippen LogP contribution is 2.21. The number of carbonyl (C=O) groups is 1. The fourth-order valence-corrected chi connectivity index (χ4v) is 1.67. The quantitative estimate of drug-likeness (QED) is 0.349. The monoisotopic (exact) mass is 286 g/mol. The third-order valence-corrected chi connectivity index (χ3v) is 2.66. The molecule has 1 rings (SSSR count). The van der Waals surface area contributed by atoms with Crippen LogP contribution in [0.25, 0.3) is 10.4 Å². The van der Waals surface area contributed by atoms with Crippen molar-refractivity contribution < 1.29 is 14.3 Å². The predicted molar refractivity (Wildman–Crippen MR) is 68.4 cm³/mol. The fraction of sp³-hybridized carbons (Fsp3) is 0.364. The average molecular weight is 287 g/mol. The van der Waals surface area contributed by atoms with Crippen LogP contribution in [0.2, 0.25) is 5.02 Å². The van der Waals surface area contributed by atoms with Crippen LogP contribution < -0.4 is 5.32 Å². The number of nitrogens with zero attached hydrogens (tertiary/aromatic N) is 3. The lowest BCUT2D eigenvalue weighted by molar-refractivity contribution is -0.139. The largest absolute Gasteiger partial charge is 0.480 e. The molecule has 0 heterocycles. The topological polar surface area (TPSA) is 98.1 Å². The molecule has 0 radical (unpaired) electrons. The van der Waals surface area contributed by atoms with E-state index in [0.717, 1.165) is 6.07 Å². The molecule has 8 heteroatoms. The molecule has 0 spiro atoms. The summed E-state index contributed by atoms with van der Waals surface area (Å²) < 4.78 is 13.0. The van der Waals surface area contributed by atoms with Crippen molar-refractivity contribution in [1.82, 2.24) is 5.32 Å². The minimum atomic E-state index is -1.09.